The standard InChI is InChI=1S/C19H23NO3/c1-22-15-18(19(21)23-2)20(13-16-9-5-3-6-10-16)14-17-11-7-4-8-12-17/h3-12,18H,13-15H2,1-2H3/t18-/m1/s1. The largest absolute Gasteiger partial charge is 0.468 e. The number of ether oxygens (including phenoxy) is 2. The second kappa shape index (κ2) is 9.08. The van der Waals surface area contributed by atoms with Gasteiger partial charge in [0.1, 0.15) is 6.04 Å². The van der Waals surface area contributed by atoms with Gasteiger partial charge < -0.3 is 9.47 Å². The Kier molecular flexibility index (Phi) is 6.78. The van der Waals surface area contributed by atoms with Gasteiger partial charge in [-0.15, -0.1) is 0 Å². The normalized spacial score (nSPS) is 12.1. The molecule has 1 atom stereocenters. The Morgan fingerprint density at radius 1 is 0.913 bits per heavy atom. The molecule has 4 nitrogen and oxygen atoms in total. The van der Waals surface area contributed by atoms with Crippen LogP contribution >= 0.6 is 0 Å². The van der Waals surface area contributed by atoms with Crippen LogP contribution in [0.15, 0.2) is 60.7 Å². The predicted molar refractivity (Wildman–Crippen MR) is 89.8 cm³/mol. The van der Waals surface area contributed by atoms with E-state index in [1.54, 1.807) is 7.11 Å². The third-order valence-corrected chi connectivity index (χ3v) is 3.70. The molecule has 0 amide bonds. The number of hydrogen-bond acceptors (Lipinski definition) is 4. The maximum absolute atomic E-state index is 12.2. The van der Waals surface area contributed by atoms with E-state index in [4.69, 9.17) is 9.47 Å². The number of carbonyl (C=O) groups excluding carboxylic acids is 1. The first-order valence-electron chi connectivity index (χ1n) is 7.63. The topological polar surface area (TPSA) is 38.8 Å². The van der Waals surface area contributed by atoms with Gasteiger partial charge in [0.25, 0.3) is 0 Å². The quantitative estimate of drug-likeness (QED) is 0.703. The van der Waals surface area contributed by atoms with E-state index in [9.17, 15) is 4.79 Å². The number of hydrogen-bond donors (Lipinski definition) is 0. The summed E-state index contributed by atoms with van der Waals surface area (Å²) in [5.74, 6) is -0.279. The van der Waals surface area contributed by atoms with Gasteiger partial charge in [-0.2, -0.15) is 0 Å². The van der Waals surface area contributed by atoms with Gasteiger partial charge in [-0.3, -0.25) is 9.69 Å². The summed E-state index contributed by atoms with van der Waals surface area (Å²) in [5, 5.41) is 0. The first kappa shape index (κ1) is 17.2. The highest BCUT2D eigenvalue weighted by Crippen LogP contribution is 2.15. The fourth-order valence-corrected chi connectivity index (χ4v) is 2.53. The van der Waals surface area contributed by atoms with Crippen LogP contribution in [0.4, 0.5) is 0 Å². The van der Waals surface area contributed by atoms with Gasteiger partial charge >= 0.3 is 5.97 Å². The smallest absolute Gasteiger partial charge is 0.325 e. The van der Waals surface area contributed by atoms with Crippen LogP contribution in [0.3, 0.4) is 0 Å². The van der Waals surface area contributed by atoms with Crippen molar-refractivity contribution >= 4 is 5.97 Å². The Balaban J connectivity index is 2.23. The Labute approximate surface area is 137 Å². The molecule has 0 heterocycles. The third-order valence-electron chi connectivity index (χ3n) is 3.70. The molecule has 2 aromatic rings. The van der Waals surface area contributed by atoms with Gasteiger partial charge in [0, 0.05) is 20.2 Å². The second-order valence-electron chi connectivity index (χ2n) is 5.37. The second-order valence-corrected chi connectivity index (χ2v) is 5.37. The Morgan fingerprint density at radius 2 is 1.39 bits per heavy atom. The van der Waals surface area contributed by atoms with Crippen LogP contribution in [0.2, 0.25) is 0 Å². The molecule has 0 fully saturated rings. The SMILES string of the molecule is COC[C@H](C(=O)OC)N(Cc1ccccc1)Cc1ccccc1. The van der Waals surface area contributed by atoms with Crippen LogP contribution in [0.5, 0.6) is 0 Å². The van der Waals surface area contributed by atoms with E-state index >= 15 is 0 Å². The zero-order chi connectivity index (χ0) is 16.5. The van der Waals surface area contributed by atoms with Crippen LogP contribution in [0.25, 0.3) is 0 Å². The molecule has 2 aromatic carbocycles. The number of rotatable bonds is 8. The molecule has 0 N–H and O–H groups in total. The van der Waals surface area contributed by atoms with E-state index < -0.39 is 6.04 Å². The summed E-state index contributed by atoms with van der Waals surface area (Å²) in [6.07, 6.45) is 0. The van der Waals surface area contributed by atoms with E-state index in [2.05, 4.69) is 29.2 Å². The zero-order valence-corrected chi connectivity index (χ0v) is 13.6. The van der Waals surface area contributed by atoms with Gasteiger partial charge in [-0.1, -0.05) is 60.7 Å². The van der Waals surface area contributed by atoms with Crippen LogP contribution in [-0.2, 0) is 27.4 Å². The first-order valence-corrected chi connectivity index (χ1v) is 7.63. The fourth-order valence-electron chi connectivity index (χ4n) is 2.53. The lowest BCUT2D eigenvalue weighted by Gasteiger charge is -2.29. The molecule has 4 heteroatoms. The van der Waals surface area contributed by atoms with Crippen LogP contribution in [-0.4, -0.2) is 37.7 Å². The molecule has 122 valence electrons. The van der Waals surface area contributed by atoms with E-state index in [0.717, 1.165) is 11.1 Å². The molecule has 23 heavy (non-hydrogen) atoms. The van der Waals surface area contributed by atoms with E-state index in [1.165, 1.54) is 7.11 Å². The van der Waals surface area contributed by atoms with Gasteiger partial charge in [0.2, 0.25) is 0 Å². The lowest BCUT2D eigenvalue weighted by molar-refractivity contribution is -0.149. The minimum atomic E-state index is -0.439. The van der Waals surface area contributed by atoms with Crippen molar-refractivity contribution in [2.45, 2.75) is 19.1 Å². The van der Waals surface area contributed by atoms with Crippen molar-refractivity contribution in [2.75, 3.05) is 20.8 Å². The number of esters is 1. The van der Waals surface area contributed by atoms with Gasteiger partial charge in [-0.05, 0) is 11.1 Å². The van der Waals surface area contributed by atoms with Crippen LogP contribution < -0.4 is 0 Å². The summed E-state index contributed by atoms with van der Waals surface area (Å²) in [5.41, 5.74) is 2.29. The molecule has 0 aliphatic rings. The van der Waals surface area contributed by atoms with Crippen LogP contribution in [0.1, 0.15) is 11.1 Å². The molecule has 0 aromatic heterocycles. The summed E-state index contributed by atoms with van der Waals surface area (Å²) in [6, 6.07) is 19.7. The highest BCUT2D eigenvalue weighted by molar-refractivity contribution is 5.75. The maximum Gasteiger partial charge on any atom is 0.325 e. The molecule has 0 unspecified atom stereocenters. The van der Waals surface area contributed by atoms with Crippen LogP contribution in [0, 0.1) is 0 Å². The highest BCUT2D eigenvalue weighted by atomic mass is 16.5. The summed E-state index contributed by atoms with van der Waals surface area (Å²) in [7, 11) is 3.01. The molecule has 0 aliphatic carbocycles. The first-order chi connectivity index (χ1) is 11.2. The average molecular weight is 313 g/mol. The van der Waals surface area contributed by atoms with E-state index in [-0.39, 0.29) is 5.97 Å². The van der Waals surface area contributed by atoms with Gasteiger partial charge in [0.15, 0.2) is 0 Å². The van der Waals surface area contributed by atoms with E-state index in [0.29, 0.717) is 19.7 Å². The number of benzene rings is 2. The van der Waals surface area contributed by atoms with Crippen molar-refractivity contribution in [3.63, 3.8) is 0 Å². The summed E-state index contributed by atoms with van der Waals surface area (Å²) < 4.78 is 10.2. The molecular formula is C19H23NO3. The Bertz CT molecular complexity index is 545. The van der Waals surface area contributed by atoms with Crippen molar-refractivity contribution < 1.29 is 14.3 Å². The lowest BCUT2D eigenvalue weighted by atomic mass is 10.1. The average Bonchev–Trinajstić information content (AvgIpc) is 2.60. The van der Waals surface area contributed by atoms with Crippen molar-refractivity contribution in [1.29, 1.82) is 0 Å². The maximum atomic E-state index is 12.2. The Hall–Kier alpha value is -2.17. The van der Waals surface area contributed by atoms with Gasteiger partial charge in [-0.25, -0.2) is 0 Å². The van der Waals surface area contributed by atoms with Crippen molar-refractivity contribution in [2.24, 2.45) is 0 Å². The monoisotopic (exact) mass is 313 g/mol. The molecule has 0 spiro atoms. The minimum absolute atomic E-state index is 0.279. The molecule has 0 aliphatic heterocycles. The van der Waals surface area contributed by atoms with Crippen molar-refractivity contribution in [3.8, 4) is 0 Å². The number of methoxy groups -OCH3 is 2. The van der Waals surface area contributed by atoms with Crippen molar-refractivity contribution in [3.05, 3.63) is 71.8 Å². The number of carbonyl (C=O) groups is 1. The molecule has 2 rings (SSSR count). The van der Waals surface area contributed by atoms with Gasteiger partial charge in [0.05, 0.1) is 13.7 Å². The summed E-state index contributed by atoms with van der Waals surface area (Å²) in [4.78, 5) is 14.3. The zero-order valence-electron chi connectivity index (χ0n) is 13.6. The lowest BCUT2D eigenvalue weighted by Crippen LogP contribution is -2.44. The molecule has 0 radical (unpaired) electrons. The fraction of sp³-hybridized carbons (Fsp3) is 0.316. The predicted octanol–water partition coefficient (Wildman–Crippen LogP) is 2.88. The Morgan fingerprint density at radius 3 is 1.78 bits per heavy atom. The molecule has 0 bridgehead atoms. The summed E-state index contributed by atoms with van der Waals surface area (Å²) in [6.45, 7) is 1.60. The summed E-state index contributed by atoms with van der Waals surface area (Å²) >= 11 is 0. The minimum Gasteiger partial charge on any atom is -0.468 e. The van der Waals surface area contributed by atoms with Crippen molar-refractivity contribution in [1.82, 2.24) is 4.90 Å². The van der Waals surface area contributed by atoms with E-state index in [1.807, 2.05) is 36.4 Å². The molecule has 0 saturated heterocycles. The highest BCUT2D eigenvalue weighted by Gasteiger charge is 2.27. The third kappa shape index (κ3) is 5.20. The number of nitrogens with zero attached hydrogens (tertiary/aromatic N) is 1. The molecular weight excluding hydrogens is 290 g/mol. The molecule has 0 saturated carbocycles.